The second-order valence-corrected chi connectivity index (χ2v) is 6.87. The number of hydrogen-bond acceptors (Lipinski definition) is 3. The summed E-state index contributed by atoms with van der Waals surface area (Å²) in [5.41, 5.74) is 6.47. The molecule has 0 aromatic heterocycles. The number of benzene rings is 1. The summed E-state index contributed by atoms with van der Waals surface area (Å²) in [4.78, 5) is 4.14. The fourth-order valence-electron chi connectivity index (χ4n) is 3.10. The largest absolute Gasteiger partial charge is 0.356 e. The van der Waals surface area contributed by atoms with Gasteiger partial charge in [-0.1, -0.05) is 51.3 Å². The van der Waals surface area contributed by atoms with E-state index in [1.807, 2.05) is 20.1 Å². The van der Waals surface area contributed by atoms with Crippen LogP contribution >= 0.6 is 0 Å². The zero-order chi connectivity index (χ0) is 20.9. The van der Waals surface area contributed by atoms with Gasteiger partial charge in [0.25, 0.3) is 0 Å². The van der Waals surface area contributed by atoms with Gasteiger partial charge in [-0.3, -0.25) is 4.99 Å². The molecule has 28 heavy (non-hydrogen) atoms. The Kier molecular flexibility index (Phi) is 10.9. The third kappa shape index (κ3) is 7.32. The normalized spacial score (nSPS) is 13.6. The van der Waals surface area contributed by atoms with Crippen molar-refractivity contribution in [2.75, 3.05) is 18.9 Å². The van der Waals surface area contributed by atoms with Crippen LogP contribution in [0.25, 0.3) is 0 Å². The molecule has 1 atom stereocenters. The van der Waals surface area contributed by atoms with E-state index in [0.29, 0.717) is 6.04 Å². The average molecular weight is 380 g/mol. The molecule has 3 heteroatoms. The molecule has 0 aliphatic rings. The molecule has 0 saturated carbocycles. The maximum atomic E-state index is 4.24. The first-order valence-electron chi connectivity index (χ1n) is 10.2. The van der Waals surface area contributed by atoms with Gasteiger partial charge < -0.3 is 10.6 Å². The van der Waals surface area contributed by atoms with E-state index < -0.39 is 0 Å². The molecule has 0 amide bonds. The Hall–Kier alpha value is -2.39. The highest BCUT2D eigenvalue weighted by Crippen LogP contribution is 2.25. The predicted molar refractivity (Wildman–Crippen MR) is 126 cm³/mol. The number of allylic oxidation sites excluding steroid dienone is 5. The highest BCUT2D eigenvalue weighted by atomic mass is 14.9. The molecule has 0 fully saturated rings. The first-order chi connectivity index (χ1) is 13.5. The lowest BCUT2D eigenvalue weighted by Gasteiger charge is -2.19. The quantitative estimate of drug-likeness (QED) is 0.317. The molecule has 0 bridgehead atoms. The monoisotopic (exact) mass is 379 g/mol. The summed E-state index contributed by atoms with van der Waals surface area (Å²) < 4.78 is 0. The minimum absolute atomic E-state index is 0.373. The molecule has 1 aromatic carbocycles. The van der Waals surface area contributed by atoms with Gasteiger partial charge in [0.1, 0.15) is 0 Å². The van der Waals surface area contributed by atoms with E-state index in [2.05, 4.69) is 79.0 Å². The third-order valence-electron chi connectivity index (χ3n) is 4.76. The zero-order valence-electron chi connectivity index (χ0n) is 18.3. The Bertz CT molecular complexity index is 738. The van der Waals surface area contributed by atoms with E-state index in [1.54, 1.807) is 7.05 Å². The van der Waals surface area contributed by atoms with Crippen LogP contribution in [0.5, 0.6) is 0 Å². The van der Waals surface area contributed by atoms with E-state index in [0.717, 1.165) is 48.3 Å². The minimum atomic E-state index is 0.373. The summed E-state index contributed by atoms with van der Waals surface area (Å²) in [6, 6.07) is 8.93. The molecule has 1 rings (SSSR count). The predicted octanol–water partition coefficient (Wildman–Crippen LogP) is 6.60. The van der Waals surface area contributed by atoms with Crippen molar-refractivity contribution >= 4 is 11.9 Å². The summed E-state index contributed by atoms with van der Waals surface area (Å²) in [5.74, 6) is 0. The molecule has 3 nitrogen and oxygen atoms in total. The molecular formula is C25H37N3. The lowest BCUT2D eigenvalue weighted by molar-refractivity contribution is 0.518. The van der Waals surface area contributed by atoms with Crippen molar-refractivity contribution in [3.63, 3.8) is 0 Å². The van der Waals surface area contributed by atoms with E-state index in [4.69, 9.17) is 0 Å². The Balaban J connectivity index is 2.84. The molecule has 0 saturated heterocycles. The van der Waals surface area contributed by atoms with E-state index in [1.165, 1.54) is 11.1 Å². The maximum Gasteiger partial charge on any atom is 0.0387 e. The molecular weight excluding hydrogens is 342 g/mol. The first-order valence-corrected chi connectivity index (χ1v) is 10.2. The summed E-state index contributed by atoms with van der Waals surface area (Å²) in [5, 5.41) is 7.04. The van der Waals surface area contributed by atoms with Gasteiger partial charge in [-0.2, -0.15) is 0 Å². The van der Waals surface area contributed by atoms with Crippen LogP contribution in [0.1, 0.15) is 58.6 Å². The number of nitrogens with one attached hydrogen (secondary N) is 2. The maximum absolute atomic E-state index is 4.24. The van der Waals surface area contributed by atoms with Gasteiger partial charge in [-0.05, 0) is 74.1 Å². The second-order valence-electron chi connectivity index (χ2n) is 6.87. The van der Waals surface area contributed by atoms with Gasteiger partial charge in [0, 0.05) is 30.7 Å². The molecule has 0 aliphatic heterocycles. The summed E-state index contributed by atoms with van der Waals surface area (Å²) in [6.45, 7) is 18.0. The SMILES string of the molecule is C=C(CC(=C\C)/C(C=NC)=C/C)C(=C)Nc1cccc(C(CC)NCCC)c1. The fraction of sp³-hybridized carbons (Fsp3) is 0.400. The van der Waals surface area contributed by atoms with E-state index >= 15 is 0 Å². The van der Waals surface area contributed by atoms with Crippen molar-refractivity contribution in [2.45, 2.75) is 53.0 Å². The van der Waals surface area contributed by atoms with Crippen molar-refractivity contribution in [3.05, 3.63) is 77.6 Å². The van der Waals surface area contributed by atoms with Crippen molar-refractivity contribution in [1.29, 1.82) is 0 Å². The molecule has 1 unspecified atom stereocenters. The lowest BCUT2D eigenvalue weighted by Crippen LogP contribution is -2.21. The Labute approximate surface area is 172 Å². The zero-order valence-corrected chi connectivity index (χ0v) is 18.3. The van der Waals surface area contributed by atoms with Crippen LogP contribution < -0.4 is 10.6 Å². The van der Waals surface area contributed by atoms with Crippen LogP contribution in [0.3, 0.4) is 0 Å². The number of aliphatic imine (C=N–C) groups is 1. The smallest absolute Gasteiger partial charge is 0.0387 e. The van der Waals surface area contributed by atoms with Gasteiger partial charge in [-0.25, -0.2) is 0 Å². The standard InChI is InChI=1S/C25H37N3/c1-8-15-27-25(11-4)23-13-12-14-24(17-23)28-20(6)19(5)16-21(9-2)22(10-3)18-26-7/h9-10,12-14,17-18,25,27-28H,5-6,8,11,15-16H2,1-4,7H3/b21-9+,22-10+,26-18?. The molecule has 1 aromatic rings. The minimum Gasteiger partial charge on any atom is -0.356 e. The highest BCUT2D eigenvalue weighted by molar-refractivity contribution is 5.84. The van der Waals surface area contributed by atoms with Crippen molar-refractivity contribution in [2.24, 2.45) is 4.99 Å². The van der Waals surface area contributed by atoms with E-state index in [9.17, 15) is 0 Å². The Morgan fingerprint density at radius 3 is 2.50 bits per heavy atom. The molecule has 0 aliphatic carbocycles. The van der Waals surface area contributed by atoms with Crippen molar-refractivity contribution in [1.82, 2.24) is 5.32 Å². The lowest BCUT2D eigenvalue weighted by atomic mass is 9.97. The number of nitrogens with zero attached hydrogens (tertiary/aromatic N) is 1. The van der Waals surface area contributed by atoms with Crippen LogP contribution in [0.15, 0.2) is 77.0 Å². The van der Waals surface area contributed by atoms with Crippen LogP contribution in [0.4, 0.5) is 5.69 Å². The Morgan fingerprint density at radius 2 is 1.93 bits per heavy atom. The van der Waals surface area contributed by atoms with Crippen molar-refractivity contribution < 1.29 is 0 Å². The van der Waals surface area contributed by atoms with Crippen LogP contribution in [-0.4, -0.2) is 19.8 Å². The van der Waals surface area contributed by atoms with E-state index in [-0.39, 0.29) is 0 Å². The molecule has 0 radical (unpaired) electrons. The number of anilines is 1. The average Bonchev–Trinajstić information content (AvgIpc) is 2.71. The van der Waals surface area contributed by atoms with Crippen LogP contribution in [-0.2, 0) is 0 Å². The molecule has 0 heterocycles. The second kappa shape index (κ2) is 12.9. The first kappa shape index (κ1) is 23.6. The molecule has 152 valence electrons. The molecule has 2 N–H and O–H groups in total. The Morgan fingerprint density at radius 1 is 1.18 bits per heavy atom. The van der Waals surface area contributed by atoms with Crippen LogP contribution in [0, 0.1) is 0 Å². The van der Waals surface area contributed by atoms with Crippen LogP contribution in [0.2, 0.25) is 0 Å². The topological polar surface area (TPSA) is 36.4 Å². The van der Waals surface area contributed by atoms with Gasteiger partial charge in [-0.15, -0.1) is 0 Å². The summed E-state index contributed by atoms with van der Waals surface area (Å²) in [6.07, 6.45) is 9.01. The van der Waals surface area contributed by atoms with Gasteiger partial charge in [0.15, 0.2) is 0 Å². The van der Waals surface area contributed by atoms with Gasteiger partial charge in [0.2, 0.25) is 0 Å². The van der Waals surface area contributed by atoms with Crippen molar-refractivity contribution in [3.8, 4) is 0 Å². The number of hydrogen-bond donors (Lipinski definition) is 2. The van der Waals surface area contributed by atoms with Gasteiger partial charge in [0.05, 0.1) is 0 Å². The molecule has 0 spiro atoms. The number of rotatable bonds is 12. The fourth-order valence-corrected chi connectivity index (χ4v) is 3.10. The summed E-state index contributed by atoms with van der Waals surface area (Å²) >= 11 is 0. The summed E-state index contributed by atoms with van der Waals surface area (Å²) in [7, 11) is 1.79. The third-order valence-corrected chi connectivity index (χ3v) is 4.76. The van der Waals surface area contributed by atoms with Gasteiger partial charge >= 0.3 is 0 Å². The highest BCUT2D eigenvalue weighted by Gasteiger charge is 2.10.